The van der Waals surface area contributed by atoms with Crippen LogP contribution in [0.1, 0.15) is 11.3 Å². The fourth-order valence-electron chi connectivity index (χ4n) is 1.49. The molecule has 5 heteroatoms. The van der Waals surface area contributed by atoms with Crippen LogP contribution >= 0.6 is 27.5 Å². The molecule has 2 rings (SSSR count). The van der Waals surface area contributed by atoms with Gasteiger partial charge in [0.15, 0.2) is 0 Å². The van der Waals surface area contributed by atoms with Crippen LogP contribution in [-0.4, -0.2) is 4.98 Å². The molecule has 0 saturated heterocycles. The van der Waals surface area contributed by atoms with Crippen LogP contribution in [0.25, 0.3) is 0 Å². The minimum absolute atomic E-state index is 0.443. The van der Waals surface area contributed by atoms with E-state index in [-0.39, 0.29) is 0 Å². The van der Waals surface area contributed by atoms with Crippen LogP contribution in [0.4, 0.5) is 5.69 Å². The third kappa shape index (κ3) is 3.00. The quantitative estimate of drug-likeness (QED) is 0.930. The standard InChI is InChI=1S/C13H9BrClN3/c14-11-6-10(3-4-12(11)15)18-8-9-2-1-5-17-13(9)7-16/h1-6,18H,8H2. The molecule has 1 heterocycles. The lowest BCUT2D eigenvalue weighted by Gasteiger charge is -2.08. The summed E-state index contributed by atoms with van der Waals surface area (Å²) in [6.07, 6.45) is 1.61. The summed E-state index contributed by atoms with van der Waals surface area (Å²) >= 11 is 9.28. The first-order valence-electron chi connectivity index (χ1n) is 5.23. The molecular formula is C13H9BrClN3. The zero-order valence-corrected chi connectivity index (χ0v) is 11.7. The van der Waals surface area contributed by atoms with Crippen molar-refractivity contribution in [2.24, 2.45) is 0 Å². The molecule has 0 saturated carbocycles. The molecule has 18 heavy (non-hydrogen) atoms. The molecule has 3 nitrogen and oxygen atoms in total. The molecule has 1 aromatic heterocycles. The van der Waals surface area contributed by atoms with Gasteiger partial charge in [-0.3, -0.25) is 0 Å². The minimum atomic E-state index is 0.443. The first kappa shape index (κ1) is 12.9. The van der Waals surface area contributed by atoms with Crippen molar-refractivity contribution in [2.75, 3.05) is 5.32 Å². The van der Waals surface area contributed by atoms with E-state index >= 15 is 0 Å². The molecule has 0 radical (unpaired) electrons. The van der Waals surface area contributed by atoms with E-state index in [9.17, 15) is 0 Å². The summed E-state index contributed by atoms with van der Waals surface area (Å²) in [5.74, 6) is 0. The second kappa shape index (κ2) is 5.85. The SMILES string of the molecule is N#Cc1ncccc1CNc1ccc(Cl)c(Br)c1. The maximum Gasteiger partial charge on any atom is 0.145 e. The van der Waals surface area contributed by atoms with Crippen molar-refractivity contribution in [2.45, 2.75) is 6.54 Å². The Balaban J connectivity index is 2.12. The van der Waals surface area contributed by atoms with Crippen LogP contribution < -0.4 is 5.32 Å². The van der Waals surface area contributed by atoms with Crippen LogP contribution in [0, 0.1) is 11.3 Å². The van der Waals surface area contributed by atoms with Crippen LogP contribution in [0.2, 0.25) is 5.02 Å². The Morgan fingerprint density at radius 3 is 2.94 bits per heavy atom. The lowest BCUT2D eigenvalue weighted by Crippen LogP contribution is -2.02. The summed E-state index contributed by atoms with van der Waals surface area (Å²) in [6.45, 7) is 0.546. The molecule has 1 aromatic carbocycles. The zero-order valence-electron chi connectivity index (χ0n) is 9.32. The van der Waals surface area contributed by atoms with Gasteiger partial charge in [-0.05, 0) is 40.2 Å². The van der Waals surface area contributed by atoms with Crippen LogP contribution in [-0.2, 0) is 6.54 Å². The summed E-state index contributed by atoms with van der Waals surface area (Å²) in [4.78, 5) is 4.01. The molecule has 1 N–H and O–H groups in total. The molecule has 0 spiro atoms. The highest BCUT2D eigenvalue weighted by molar-refractivity contribution is 9.10. The summed E-state index contributed by atoms with van der Waals surface area (Å²) in [6, 6.07) is 11.4. The van der Waals surface area contributed by atoms with Crippen molar-refractivity contribution in [1.82, 2.24) is 4.98 Å². The van der Waals surface area contributed by atoms with Gasteiger partial charge in [-0.2, -0.15) is 5.26 Å². The Hall–Kier alpha value is -1.57. The number of hydrogen-bond donors (Lipinski definition) is 1. The molecule has 2 aromatic rings. The van der Waals surface area contributed by atoms with Gasteiger partial charge in [-0.25, -0.2) is 4.98 Å². The normalized spacial score (nSPS) is 9.83. The molecule has 90 valence electrons. The second-order valence-corrected chi connectivity index (χ2v) is 4.87. The molecule has 0 atom stereocenters. The molecule has 0 aliphatic heterocycles. The van der Waals surface area contributed by atoms with Crippen molar-refractivity contribution in [3.8, 4) is 6.07 Å². The van der Waals surface area contributed by atoms with Crippen molar-refractivity contribution in [1.29, 1.82) is 5.26 Å². The molecule has 0 aliphatic rings. The predicted molar refractivity (Wildman–Crippen MR) is 75.4 cm³/mol. The third-order valence-corrected chi connectivity index (χ3v) is 3.61. The van der Waals surface area contributed by atoms with E-state index in [1.54, 1.807) is 6.20 Å². The summed E-state index contributed by atoms with van der Waals surface area (Å²) in [7, 11) is 0. The van der Waals surface area contributed by atoms with E-state index in [0.717, 1.165) is 15.7 Å². The molecule has 0 aliphatic carbocycles. The van der Waals surface area contributed by atoms with Gasteiger partial charge in [0, 0.05) is 28.5 Å². The van der Waals surface area contributed by atoms with Crippen molar-refractivity contribution in [3.63, 3.8) is 0 Å². The van der Waals surface area contributed by atoms with Gasteiger partial charge >= 0.3 is 0 Å². The Kier molecular flexibility index (Phi) is 4.19. The Morgan fingerprint density at radius 1 is 1.39 bits per heavy atom. The largest absolute Gasteiger partial charge is 0.381 e. The first-order valence-corrected chi connectivity index (χ1v) is 6.40. The lowest BCUT2D eigenvalue weighted by molar-refractivity contribution is 1.09. The average Bonchev–Trinajstić information content (AvgIpc) is 2.40. The van der Waals surface area contributed by atoms with E-state index in [4.69, 9.17) is 16.9 Å². The Bertz CT molecular complexity index is 607. The van der Waals surface area contributed by atoms with E-state index in [1.807, 2.05) is 30.3 Å². The third-order valence-electron chi connectivity index (χ3n) is 2.40. The fraction of sp³-hybridized carbons (Fsp3) is 0.0769. The number of aromatic nitrogens is 1. The number of nitrogens with one attached hydrogen (secondary N) is 1. The average molecular weight is 323 g/mol. The monoisotopic (exact) mass is 321 g/mol. The van der Waals surface area contributed by atoms with Crippen molar-refractivity contribution < 1.29 is 0 Å². The zero-order chi connectivity index (χ0) is 13.0. The number of nitriles is 1. The summed E-state index contributed by atoms with van der Waals surface area (Å²) in [5, 5.41) is 12.8. The van der Waals surface area contributed by atoms with Gasteiger partial charge in [0.2, 0.25) is 0 Å². The second-order valence-electron chi connectivity index (χ2n) is 3.61. The van der Waals surface area contributed by atoms with Gasteiger partial charge in [-0.15, -0.1) is 0 Å². The maximum atomic E-state index is 8.93. The van der Waals surface area contributed by atoms with Crippen LogP contribution in [0.5, 0.6) is 0 Å². The van der Waals surface area contributed by atoms with Gasteiger partial charge in [0.05, 0.1) is 5.02 Å². The number of rotatable bonds is 3. The number of nitrogens with zero attached hydrogens (tertiary/aromatic N) is 2. The summed E-state index contributed by atoms with van der Waals surface area (Å²) in [5.41, 5.74) is 2.24. The van der Waals surface area contributed by atoms with Gasteiger partial charge in [-0.1, -0.05) is 17.7 Å². The van der Waals surface area contributed by atoms with Crippen molar-refractivity contribution in [3.05, 3.63) is 57.3 Å². The van der Waals surface area contributed by atoms with E-state index in [2.05, 4.69) is 32.3 Å². The van der Waals surface area contributed by atoms with Gasteiger partial charge < -0.3 is 5.32 Å². The van der Waals surface area contributed by atoms with Crippen LogP contribution in [0.3, 0.4) is 0 Å². The highest BCUT2D eigenvalue weighted by Gasteiger charge is 2.03. The van der Waals surface area contributed by atoms with Crippen molar-refractivity contribution >= 4 is 33.2 Å². The fourth-order valence-corrected chi connectivity index (χ4v) is 1.98. The number of pyridine rings is 1. The lowest BCUT2D eigenvalue weighted by atomic mass is 10.2. The molecular weight excluding hydrogens is 314 g/mol. The molecule has 0 bridgehead atoms. The summed E-state index contributed by atoms with van der Waals surface area (Å²) < 4.78 is 0.834. The van der Waals surface area contributed by atoms with Crippen LogP contribution in [0.15, 0.2) is 41.0 Å². The molecule has 0 unspecified atom stereocenters. The first-order chi connectivity index (χ1) is 8.70. The van der Waals surface area contributed by atoms with E-state index in [0.29, 0.717) is 17.3 Å². The molecule has 0 amide bonds. The minimum Gasteiger partial charge on any atom is -0.381 e. The number of anilines is 1. The smallest absolute Gasteiger partial charge is 0.145 e. The number of benzene rings is 1. The highest BCUT2D eigenvalue weighted by atomic mass is 79.9. The predicted octanol–water partition coefficient (Wildman–Crippen LogP) is 3.98. The van der Waals surface area contributed by atoms with E-state index < -0.39 is 0 Å². The maximum absolute atomic E-state index is 8.93. The number of hydrogen-bond acceptors (Lipinski definition) is 3. The highest BCUT2D eigenvalue weighted by Crippen LogP contribution is 2.25. The topological polar surface area (TPSA) is 48.7 Å². The Labute approximate surface area is 119 Å². The van der Waals surface area contributed by atoms with Gasteiger partial charge in [0.1, 0.15) is 11.8 Å². The Morgan fingerprint density at radius 2 is 2.22 bits per heavy atom. The van der Waals surface area contributed by atoms with Gasteiger partial charge in [0.25, 0.3) is 0 Å². The number of halogens is 2. The molecule has 0 fully saturated rings. The van der Waals surface area contributed by atoms with E-state index in [1.165, 1.54) is 0 Å².